The molecule has 9 nitrogen and oxygen atoms in total. The van der Waals surface area contributed by atoms with Gasteiger partial charge in [-0.1, -0.05) is 20.8 Å². The first-order valence-corrected chi connectivity index (χ1v) is 10.2. The van der Waals surface area contributed by atoms with Crippen LogP contribution in [0.3, 0.4) is 0 Å². The summed E-state index contributed by atoms with van der Waals surface area (Å²) >= 11 is 0. The fourth-order valence-corrected chi connectivity index (χ4v) is 2.99. The molecule has 37 heavy (non-hydrogen) atoms. The molecule has 0 aliphatic rings. The molecule has 0 radical (unpaired) electrons. The van der Waals surface area contributed by atoms with E-state index in [4.69, 9.17) is 13.9 Å². The summed E-state index contributed by atoms with van der Waals surface area (Å²) in [6, 6.07) is 5.24. The lowest BCUT2D eigenvalue weighted by Crippen LogP contribution is -2.26. The number of carbonyl (C=O) groups is 1. The van der Waals surface area contributed by atoms with Gasteiger partial charge in [-0.3, -0.25) is 10.1 Å². The van der Waals surface area contributed by atoms with Crippen LogP contribution >= 0.6 is 0 Å². The number of nitrogens with zero attached hydrogens (tertiary/aromatic N) is 3. The Kier molecular flexibility index (Phi) is 7.19. The van der Waals surface area contributed by atoms with Gasteiger partial charge in [-0.25, -0.2) is 4.79 Å². The smallest absolute Gasteiger partial charge is 0.420 e. The maximum absolute atomic E-state index is 13.2. The zero-order valence-electron chi connectivity index (χ0n) is 19.2. The van der Waals surface area contributed by atoms with Crippen LogP contribution in [0.15, 0.2) is 46.9 Å². The Labute approximate surface area is 204 Å². The SMILES string of the molecule is CC(C)(C)C(OC(=O)Oc1ccc([N+](=O)[O-])cc1)c1nnc(-c2cc(C(F)(F)F)cc(C(F)(F)F)c2)o1. The number of non-ortho nitro benzene ring substituents is 1. The number of aromatic nitrogens is 2. The Morgan fingerprint density at radius 1 is 0.946 bits per heavy atom. The van der Waals surface area contributed by atoms with Gasteiger partial charge in [0.25, 0.3) is 11.6 Å². The third-order valence-electron chi connectivity index (χ3n) is 4.75. The largest absolute Gasteiger partial charge is 0.514 e. The number of nitro benzene ring substituents is 1. The summed E-state index contributed by atoms with van der Waals surface area (Å²) in [5.74, 6) is -1.19. The Balaban J connectivity index is 1.90. The summed E-state index contributed by atoms with van der Waals surface area (Å²) in [7, 11) is 0. The fraction of sp³-hybridized carbons (Fsp3) is 0.318. The van der Waals surface area contributed by atoms with Crippen LogP contribution in [0.4, 0.5) is 36.8 Å². The first-order valence-electron chi connectivity index (χ1n) is 10.2. The number of carbonyl (C=O) groups excluding carboxylic acids is 1. The molecule has 2 aromatic carbocycles. The highest BCUT2D eigenvalue weighted by Crippen LogP contribution is 2.40. The van der Waals surface area contributed by atoms with Gasteiger partial charge >= 0.3 is 18.5 Å². The van der Waals surface area contributed by atoms with E-state index in [1.165, 1.54) is 0 Å². The zero-order valence-corrected chi connectivity index (χ0v) is 19.2. The maximum Gasteiger partial charge on any atom is 0.514 e. The summed E-state index contributed by atoms with van der Waals surface area (Å²) in [5, 5.41) is 17.9. The summed E-state index contributed by atoms with van der Waals surface area (Å²) < 4.78 is 94.6. The molecule has 0 spiro atoms. The van der Waals surface area contributed by atoms with Crippen LogP contribution in [0, 0.1) is 15.5 Å². The maximum atomic E-state index is 13.2. The van der Waals surface area contributed by atoms with E-state index < -0.39 is 63.4 Å². The molecular weight excluding hydrogens is 516 g/mol. The molecule has 3 aromatic rings. The van der Waals surface area contributed by atoms with Crippen LogP contribution < -0.4 is 4.74 Å². The van der Waals surface area contributed by atoms with Crippen molar-refractivity contribution in [1.82, 2.24) is 10.2 Å². The molecule has 0 bridgehead atoms. The van der Waals surface area contributed by atoms with Crippen molar-refractivity contribution < 1.29 is 50.0 Å². The highest BCUT2D eigenvalue weighted by atomic mass is 19.4. The second kappa shape index (κ2) is 9.71. The van der Waals surface area contributed by atoms with Gasteiger partial charge in [-0.15, -0.1) is 10.2 Å². The van der Waals surface area contributed by atoms with Gasteiger partial charge in [0.2, 0.25) is 5.89 Å². The molecule has 15 heteroatoms. The number of benzene rings is 2. The van der Waals surface area contributed by atoms with E-state index >= 15 is 0 Å². The van der Waals surface area contributed by atoms with Crippen molar-refractivity contribution in [3.63, 3.8) is 0 Å². The van der Waals surface area contributed by atoms with Crippen molar-refractivity contribution in [2.24, 2.45) is 5.41 Å². The molecule has 1 unspecified atom stereocenters. The van der Waals surface area contributed by atoms with Crippen LogP contribution in [0.5, 0.6) is 5.75 Å². The topological polar surface area (TPSA) is 118 Å². The number of alkyl halides is 6. The Morgan fingerprint density at radius 2 is 1.49 bits per heavy atom. The van der Waals surface area contributed by atoms with E-state index in [-0.39, 0.29) is 17.5 Å². The molecule has 0 N–H and O–H groups in total. The van der Waals surface area contributed by atoms with E-state index in [2.05, 4.69) is 10.2 Å². The Bertz CT molecular complexity index is 1260. The molecule has 0 saturated carbocycles. The number of hydrogen-bond donors (Lipinski definition) is 0. The molecular formula is C22H17F6N3O6. The third-order valence-corrected chi connectivity index (χ3v) is 4.75. The second-order valence-corrected chi connectivity index (χ2v) is 8.71. The van der Waals surface area contributed by atoms with E-state index in [0.717, 1.165) is 24.3 Å². The molecule has 198 valence electrons. The summed E-state index contributed by atoms with van der Waals surface area (Å²) in [4.78, 5) is 22.4. The molecule has 0 saturated heterocycles. The highest BCUT2D eigenvalue weighted by molar-refractivity contribution is 5.64. The number of nitro groups is 1. The Hall–Kier alpha value is -4.17. The van der Waals surface area contributed by atoms with Crippen molar-refractivity contribution in [2.75, 3.05) is 0 Å². The highest BCUT2D eigenvalue weighted by Gasteiger charge is 2.39. The van der Waals surface area contributed by atoms with Crippen LogP contribution in [-0.2, 0) is 17.1 Å². The number of halogens is 6. The number of ether oxygens (including phenoxy) is 2. The molecule has 0 amide bonds. The molecule has 1 aromatic heterocycles. The lowest BCUT2D eigenvalue weighted by atomic mass is 9.89. The van der Waals surface area contributed by atoms with E-state index in [1.807, 2.05) is 0 Å². The quantitative estimate of drug-likeness (QED) is 0.113. The predicted octanol–water partition coefficient (Wildman–Crippen LogP) is 6.99. The van der Waals surface area contributed by atoms with Crippen molar-refractivity contribution in [3.05, 3.63) is 69.6 Å². The molecule has 1 atom stereocenters. The number of rotatable bonds is 5. The molecule has 0 fully saturated rings. The van der Waals surface area contributed by atoms with Gasteiger partial charge in [0.05, 0.1) is 16.1 Å². The average Bonchev–Trinajstić information content (AvgIpc) is 3.25. The van der Waals surface area contributed by atoms with Crippen LogP contribution in [-0.4, -0.2) is 21.3 Å². The van der Waals surface area contributed by atoms with Gasteiger partial charge in [0, 0.05) is 23.1 Å². The normalized spacial score (nSPS) is 13.2. The van der Waals surface area contributed by atoms with Crippen molar-refractivity contribution >= 4 is 11.8 Å². The standard InChI is InChI=1S/C22H17F6N3O6/c1-20(2,3)16(36-19(32)35-15-6-4-14(5-7-15)31(33)34)18-30-29-17(37-18)11-8-12(21(23,24)25)10-13(9-11)22(26,27)28/h4-10,16H,1-3H3. The van der Waals surface area contributed by atoms with Crippen molar-refractivity contribution in [1.29, 1.82) is 0 Å². The molecule has 0 aliphatic heterocycles. The average molecular weight is 533 g/mol. The minimum atomic E-state index is -5.09. The van der Waals surface area contributed by atoms with Gasteiger partial charge in [0.1, 0.15) is 5.75 Å². The van der Waals surface area contributed by atoms with Gasteiger partial charge in [0.15, 0.2) is 6.10 Å². The summed E-state index contributed by atoms with van der Waals surface area (Å²) in [6.07, 6.45) is -12.8. The van der Waals surface area contributed by atoms with Gasteiger partial charge < -0.3 is 13.9 Å². The van der Waals surface area contributed by atoms with Crippen LogP contribution in [0.2, 0.25) is 0 Å². The first kappa shape index (κ1) is 27.4. The first-order chi connectivity index (χ1) is 16.9. The zero-order chi connectivity index (χ0) is 27.8. The fourth-order valence-electron chi connectivity index (χ4n) is 2.99. The minimum Gasteiger partial charge on any atom is -0.420 e. The van der Waals surface area contributed by atoms with E-state index in [9.17, 15) is 41.3 Å². The summed E-state index contributed by atoms with van der Waals surface area (Å²) in [5.41, 5.74) is -5.01. The lowest BCUT2D eigenvalue weighted by molar-refractivity contribution is -0.384. The van der Waals surface area contributed by atoms with Crippen LogP contribution in [0.1, 0.15) is 43.9 Å². The monoisotopic (exact) mass is 533 g/mol. The van der Waals surface area contributed by atoms with E-state index in [1.54, 1.807) is 20.8 Å². The van der Waals surface area contributed by atoms with Crippen LogP contribution in [0.25, 0.3) is 11.5 Å². The summed E-state index contributed by atoms with van der Waals surface area (Å²) in [6.45, 7) is 4.73. The second-order valence-electron chi connectivity index (χ2n) is 8.71. The Morgan fingerprint density at radius 3 is 1.95 bits per heavy atom. The minimum absolute atomic E-state index is 0.0456. The van der Waals surface area contributed by atoms with E-state index in [0.29, 0.717) is 12.1 Å². The van der Waals surface area contributed by atoms with Gasteiger partial charge in [-0.2, -0.15) is 26.3 Å². The predicted molar refractivity (Wildman–Crippen MR) is 112 cm³/mol. The van der Waals surface area contributed by atoms with Crippen molar-refractivity contribution in [2.45, 2.75) is 39.2 Å². The molecule has 3 rings (SSSR count). The molecule has 0 aliphatic carbocycles. The lowest BCUT2D eigenvalue weighted by Gasteiger charge is -2.26. The third kappa shape index (κ3) is 6.74. The van der Waals surface area contributed by atoms with Gasteiger partial charge in [-0.05, 0) is 30.3 Å². The van der Waals surface area contributed by atoms with Crippen molar-refractivity contribution in [3.8, 4) is 17.2 Å². The number of hydrogen-bond acceptors (Lipinski definition) is 8. The molecule has 1 heterocycles.